The molecule has 0 unspecified atom stereocenters. The number of thioether (sulfide) groups is 1. The smallest absolute Gasteiger partial charge is 0.413 e. The van der Waals surface area contributed by atoms with Crippen molar-refractivity contribution in [3.63, 3.8) is 0 Å². The van der Waals surface area contributed by atoms with Gasteiger partial charge in [0.1, 0.15) is 0 Å². The van der Waals surface area contributed by atoms with E-state index in [0.717, 1.165) is 30.0 Å². The van der Waals surface area contributed by atoms with Crippen LogP contribution in [0, 0.1) is 0 Å². The van der Waals surface area contributed by atoms with E-state index in [1.54, 1.807) is 13.3 Å². The number of carbonyl (C=O) groups is 1. The topological polar surface area (TPSA) is 91.4 Å². The number of guanidine groups is 1. The Bertz CT molecular complexity index is 677. The molecule has 0 aliphatic rings. The van der Waals surface area contributed by atoms with Gasteiger partial charge in [-0.3, -0.25) is 10.3 Å². The molecular weight excluding hydrogens is 362 g/mol. The molecule has 1 amide bonds. The van der Waals surface area contributed by atoms with Crippen molar-refractivity contribution in [2.24, 2.45) is 4.99 Å². The summed E-state index contributed by atoms with van der Waals surface area (Å²) in [5.74, 6) is 2.33. The summed E-state index contributed by atoms with van der Waals surface area (Å²) >= 11 is 1.83. The number of carbonyl (C=O) groups excluding carboxylic acids is 1. The quantitative estimate of drug-likeness (QED) is 0.330. The Kier molecular flexibility index (Phi) is 9.88. The molecule has 2 rings (SSSR count). The number of rotatable bonds is 10. The fourth-order valence-corrected chi connectivity index (χ4v) is 3.11. The van der Waals surface area contributed by atoms with Gasteiger partial charge in [-0.05, 0) is 25.3 Å². The number of benzene rings is 1. The highest BCUT2D eigenvalue weighted by Gasteiger charge is 2.06. The van der Waals surface area contributed by atoms with Gasteiger partial charge in [0.2, 0.25) is 5.96 Å². The van der Waals surface area contributed by atoms with Gasteiger partial charge in [-0.1, -0.05) is 30.3 Å². The molecule has 1 aromatic heterocycles. The van der Waals surface area contributed by atoms with E-state index in [2.05, 4.69) is 37.7 Å². The van der Waals surface area contributed by atoms with E-state index >= 15 is 0 Å². The highest BCUT2D eigenvalue weighted by atomic mass is 32.2. The summed E-state index contributed by atoms with van der Waals surface area (Å²) in [6.07, 6.45) is 4.74. The van der Waals surface area contributed by atoms with Crippen molar-refractivity contribution in [2.75, 3.05) is 25.4 Å². The molecule has 1 heterocycles. The van der Waals surface area contributed by atoms with Crippen molar-refractivity contribution in [2.45, 2.75) is 25.5 Å². The Morgan fingerprint density at radius 2 is 2.19 bits per heavy atom. The van der Waals surface area contributed by atoms with Gasteiger partial charge >= 0.3 is 6.09 Å². The van der Waals surface area contributed by atoms with E-state index in [1.165, 1.54) is 5.56 Å². The maximum Gasteiger partial charge on any atom is 0.413 e. The molecule has 0 saturated carbocycles. The molecule has 7 nitrogen and oxygen atoms in total. The molecule has 0 aliphatic carbocycles. The molecule has 3 N–H and O–H groups in total. The SMILES string of the molecule is CCOC(=O)NC(=NCCCc1c[nH]cn1)NCCSCc1ccccc1. The largest absolute Gasteiger partial charge is 0.450 e. The molecule has 0 radical (unpaired) electrons. The molecule has 0 bridgehead atoms. The number of nitrogens with zero attached hydrogens (tertiary/aromatic N) is 2. The van der Waals surface area contributed by atoms with Gasteiger partial charge in [-0.2, -0.15) is 11.8 Å². The number of H-pyrrole nitrogens is 1. The number of imidazole rings is 1. The molecule has 0 aliphatic heterocycles. The monoisotopic (exact) mass is 389 g/mol. The first kappa shape index (κ1) is 20.8. The van der Waals surface area contributed by atoms with E-state index in [4.69, 9.17) is 4.74 Å². The van der Waals surface area contributed by atoms with E-state index in [0.29, 0.717) is 25.7 Å². The summed E-state index contributed by atoms with van der Waals surface area (Å²) in [6, 6.07) is 10.4. The zero-order valence-electron chi connectivity index (χ0n) is 15.6. The van der Waals surface area contributed by atoms with Crippen LogP contribution in [0.1, 0.15) is 24.6 Å². The summed E-state index contributed by atoms with van der Waals surface area (Å²) in [6.45, 7) is 3.40. The zero-order valence-corrected chi connectivity index (χ0v) is 16.4. The fourth-order valence-electron chi connectivity index (χ4n) is 2.29. The van der Waals surface area contributed by atoms with Crippen LogP contribution in [0.25, 0.3) is 0 Å². The fraction of sp³-hybridized carbons (Fsp3) is 0.421. The van der Waals surface area contributed by atoms with Crippen molar-refractivity contribution in [1.29, 1.82) is 0 Å². The molecule has 0 fully saturated rings. The van der Waals surface area contributed by atoms with E-state index in [9.17, 15) is 4.79 Å². The van der Waals surface area contributed by atoms with Gasteiger partial charge in [0, 0.05) is 30.8 Å². The molecule has 0 atom stereocenters. The number of nitrogens with one attached hydrogen (secondary N) is 3. The number of hydrogen-bond donors (Lipinski definition) is 3. The van der Waals surface area contributed by atoms with Crippen molar-refractivity contribution in [3.8, 4) is 0 Å². The first-order chi connectivity index (χ1) is 13.3. The minimum absolute atomic E-state index is 0.325. The van der Waals surface area contributed by atoms with E-state index in [-0.39, 0.29) is 0 Å². The van der Waals surface area contributed by atoms with Gasteiger partial charge < -0.3 is 15.0 Å². The van der Waals surface area contributed by atoms with Crippen LogP contribution in [-0.4, -0.2) is 47.5 Å². The van der Waals surface area contributed by atoms with Gasteiger partial charge in [-0.15, -0.1) is 0 Å². The molecule has 1 aromatic carbocycles. The van der Waals surface area contributed by atoms with Crippen molar-refractivity contribution >= 4 is 23.8 Å². The van der Waals surface area contributed by atoms with E-state index in [1.807, 2.05) is 36.2 Å². The predicted molar refractivity (Wildman–Crippen MR) is 110 cm³/mol. The molecule has 8 heteroatoms. The molecule has 27 heavy (non-hydrogen) atoms. The Labute approximate surface area is 164 Å². The third kappa shape index (κ3) is 9.14. The maximum absolute atomic E-state index is 11.7. The Morgan fingerprint density at radius 3 is 2.93 bits per heavy atom. The lowest BCUT2D eigenvalue weighted by molar-refractivity contribution is 0.157. The summed E-state index contributed by atoms with van der Waals surface area (Å²) in [5, 5.41) is 5.85. The number of amides is 1. The lowest BCUT2D eigenvalue weighted by Crippen LogP contribution is -2.42. The van der Waals surface area contributed by atoms with Gasteiger partial charge in [0.05, 0.1) is 18.6 Å². The second kappa shape index (κ2) is 12.8. The number of aryl methyl sites for hydroxylation is 1. The molecule has 2 aromatic rings. The highest BCUT2D eigenvalue weighted by molar-refractivity contribution is 7.98. The number of aliphatic imine (C=N–C) groups is 1. The standard InChI is InChI=1S/C19H27N5O2S/c1-2-26-19(25)24-18(21-10-6-9-17-13-20-15-23-17)22-11-12-27-14-16-7-4-3-5-8-16/h3-5,7-8,13,15H,2,6,9-12,14H2,1H3,(H,20,23)(H2,21,22,24,25). The van der Waals surface area contributed by atoms with Crippen LogP contribution in [0.4, 0.5) is 4.79 Å². The Balaban J connectivity index is 1.71. The molecular formula is C19H27N5O2S. The number of aromatic amines is 1. The first-order valence-electron chi connectivity index (χ1n) is 9.09. The second-order valence-corrected chi connectivity index (χ2v) is 6.81. The molecule has 0 saturated heterocycles. The normalized spacial score (nSPS) is 11.2. The first-order valence-corrected chi connectivity index (χ1v) is 10.2. The van der Waals surface area contributed by atoms with E-state index < -0.39 is 6.09 Å². The number of hydrogen-bond acceptors (Lipinski definition) is 5. The third-order valence-electron chi connectivity index (χ3n) is 3.56. The zero-order chi connectivity index (χ0) is 19.2. The van der Waals surface area contributed by atoms with Crippen molar-refractivity contribution in [1.82, 2.24) is 20.6 Å². The minimum atomic E-state index is -0.493. The van der Waals surface area contributed by atoms with Crippen LogP contribution in [0.2, 0.25) is 0 Å². The van der Waals surface area contributed by atoms with Gasteiger partial charge in [0.15, 0.2) is 0 Å². The Hall–Kier alpha value is -2.48. The highest BCUT2D eigenvalue weighted by Crippen LogP contribution is 2.10. The predicted octanol–water partition coefficient (Wildman–Crippen LogP) is 2.97. The third-order valence-corrected chi connectivity index (χ3v) is 4.59. The van der Waals surface area contributed by atoms with Crippen molar-refractivity contribution < 1.29 is 9.53 Å². The molecule has 146 valence electrons. The summed E-state index contributed by atoms with van der Waals surface area (Å²) in [7, 11) is 0. The van der Waals surface area contributed by atoms with Crippen LogP contribution in [0.15, 0.2) is 47.8 Å². The van der Waals surface area contributed by atoms with Crippen LogP contribution in [0.3, 0.4) is 0 Å². The number of aromatic nitrogens is 2. The lowest BCUT2D eigenvalue weighted by Gasteiger charge is -2.11. The average Bonchev–Trinajstić information content (AvgIpc) is 3.19. The second-order valence-electron chi connectivity index (χ2n) is 5.70. The number of ether oxygens (including phenoxy) is 1. The summed E-state index contributed by atoms with van der Waals surface area (Å²) in [5.41, 5.74) is 2.31. The summed E-state index contributed by atoms with van der Waals surface area (Å²) < 4.78 is 4.93. The average molecular weight is 390 g/mol. The number of alkyl carbamates (subject to hydrolysis) is 1. The molecule has 0 spiro atoms. The van der Waals surface area contributed by atoms with Crippen LogP contribution < -0.4 is 10.6 Å². The van der Waals surface area contributed by atoms with Gasteiger partial charge in [0.25, 0.3) is 0 Å². The maximum atomic E-state index is 11.7. The minimum Gasteiger partial charge on any atom is -0.450 e. The Morgan fingerprint density at radius 1 is 1.33 bits per heavy atom. The summed E-state index contributed by atoms with van der Waals surface area (Å²) in [4.78, 5) is 23.2. The van der Waals surface area contributed by atoms with Crippen molar-refractivity contribution in [3.05, 3.63) is 54.1 Å². The van der Waals surface area contributed by atoms with Gasteiger partial charge in [-0.25, -0.2) is 9.78 Å². The van der Waals surface area contributed by atoms with Crippen LogP contribution in [0.5, 0.6) is 0 Å². The van der Waals surface area contributed by atoms with Crippen LogP contribution in [-0.2, 0) is 16.9 Å². The lowest BCUT2D eigenvalue weighted by atomic mass is 10.2. The van der Waals surface area contributed by atoms with Crippen LogP contribution >= 0.6 is 11.8 Å².